The van der Waals surface area contributed by atoms with Crippen molar-refractivity contribution in [2.45, 2.75) is 51.6 Å². The molecule has 3 rings (SSSR count). The lowest BCUT2D eigenvalue weighted by molar-refractivity contribution is -0.140. The smallest absolute Gasteiger partial charge is 0.264 e. The second-order valence-corrected chi connectivity index (χ2v) is 11.1. The average Bonchev–Trinajstić information content (AvgIpc) is 2.93. The Balaban J connectivity index is 2.05. The van der Waals surface area contributed by atoms with Gasteiger partial charge in [0, 0.05) is 13.1 Å². The van der Waals surface area contributed by atoms with Crippen molar-refractivity contribution < 1.29 is 27.1 Å². The monoisotopic (exact) mass is 569 g/mol. The minimum Gasteiger partial charge on any atom is -0.494 e. The second kappa shape index (κ2) is 13.9. The number of benzene rings is 3. The van der Waals surface area contributed by atoms with Crippen molar-refractivity contribution in [2.24, 2.45) is 0 Å². The summed E-state index contributed by atoms with van der Waals surface area (Å²) in [5.41, 5.74) is 2.07. The molecule has 2 amide bonds. The van der Waals surface area contributed by atoms with E-state index in [2.05, 4.69) is 5.32 Å². The molecule has 3 aromatic rings. The zero-order valence-corrected chi connectivity index (χ0v) is 24.1. The van der Waals surface area contributed by atoms with E-state index in [-0.39, 0.29) is 23.0 Å². The highest BCUT2D eigenvalue weighted by atomic mass is 32.2. The Morgan fingerprint density at radius 2 is 1.55 bits per heavy atom. The largest absolute Gasteiger partial charge is 0.494 e. The molecule has 0 aliphatic rings. The summed E-state index contributed by atoms with van der Waals surface area (Å²) >= 11 is 0. The van der Waals surface area contributed by atoms with Gasteiger partial charge in [-0.1, -0.05) is 36.8 Å². The predicted molar refractivity (Wildman–Crippen MR) is 153 cm³/mol. The van der Waals surface area contributed by atoms with Gasteiger partial charge in [-0.25, -0.2) is 12.8 Å². The van der Waals surface area contributed by atoms with Gasteiger partial charge < -0.3 is 15.0 Å². The number of likely N-dealkylation sites (N-methyl/N-ethyl adjacent to an activating group) is 1. The first-order valence-electron chi connectivity index (χ1n) is 13.2. The van der Waals surface area contributed by atoms with Crippen LogP contribution < -0.4 is 14.4 Å². The number of nitrogens with zero attached hydrogens (tertiary/aromatic N) is 2. The summed E-state index contributed by atoms with van der Waals surface area (Å²) in [6.45, 7) is 7.73. The summed E-state index contributed by atoms with van der Waals surface area (Å²) in [5, 5.41) is 2.78. The number of halogens is 1. The third kappa shape index (κ3) is 7.59. The van der Waals surface area contributed by atoms with Crippen LogP contribution in [0.1, 0.15) is 38.3 Å². The lowest BCUT2D eigenvalue weighted by Crippen LogP contribution is -2.52. The molecule has 10 heteroatoms. The molecule has 0 heterocycles. The molecule has 0 radical (unpaired) electrons. The maximum absolute atomic E-state index is 14.0. The highest BCUT2D eigenvalue weighted by Crippen LogP contribution is 2.27. The molecule has 0 aliphatic carbocycles. The topological polar surface area (TPSA) is 96.0 Å². The second-order valence-electron chi connectivity index (χ2n) is 9.22. The molecule has 8 nitrogen and oxygen atoms in total. The zero-order chi connectivity index (χ0) is 29.3. The van der Waals surface area contributed by atoms with Crippen molar-refractivity contribution in [3.05, 3.63) is 89.7 Å². The number of aryl methyl sites for hydroxylation is 1. The number of sulfonamides is 1. The maximum atomic E-state index is 14.0. The predicted octanol–water partition coefficient (Wildman–Crippen LogP) is 4.67. The van der Waals surface area contributed by atoms with Crippen molar-refractivity contribution in [1.82, 2.24) is 10.2 Å². The van der Waals surface area contributed by atoms with E-state index in [4.69, 9.17) is 4.74 Å². The number of anilines is 1. The number of nitrogens with one attached hydrogen (secondary N) is 1. The Morgan fingerprint density at radius 3 is 2.10 bits per heavy atom. The van der Waals surface area contributed by atoms with E-state index in [0.29, 0.717) is 25.3 Å². The molecule has 0 saturated carbocycles. The van der Waals surface area contributed by atoms with E-state index in [0.717, 1.165) is 39.7 Å². The van der Waals surface area contributed by atoms with Crippen LogP contribution in [0, 0.1) is 12.7 Å². The molecule has 3 aromatic carbocycles. The van der Waals surface area contributed by atoms with Crippen molar-refractivity contribution >= 4 is 27.5 Å². The number of carbonyl (C=O) groups excluding carboxylic acids is 2. The molecule has 0 spiro atoms. The fourth-order valence-corrected chi connectivity index (χ4v) is 5.65. The molecule has 0 unspecified atom stereocenters. The van der Waals surface area contributed by atoms with Crippen molar-refractivity contribution in [2.75, 3.05) is 24.0 Å². The molecular weight excluding hydrogens is 533 g/mol. The molecule has 0 aromatic heterocycles. The van der Waals surface area contributed by atoms with Gasteiger partial charge in [0.2, 0.25) is 11.8 Å². The number of hydrogen-bond donors (Lipinski definition) is 1. The van der Waals surface area contributed by atoms with Crippen LogP contribution in [0.25, 0.3) is 0 Å². The summed E-state index contributed by atoms with van der Waals surface area (Å²) in [6.07, 6.45) is 0.331. The number of carbonyl (C=O) groups is 2. The molecule has 1 N–H and O–H groups in total. The summed E-state index contributed by atoms with van der Waals surface area (Å²) < 4.78 is 47.7. The first-order valence-corrected chi connectivity index (χ1v) is 14.7. The number of ether oxygens (including phenoxy) is 1. The van der Waals surface area contributed by atoms with E-state index in [1.54, 1.807) is 38.1 Å². The molecular formula is C30H36FN3O5S. The maximum Gasteiger partial charge on any atom is 0.264 e. The summed E-state index contributed by atoms with van der Waals surface area (Å²) in [7, 11) is -4.29. The average molecular weight is 570 g/mol. The molecule has 40 heavy (non-hydrogen) atoms. The minimum absolute atomic E-state index is 0.114. The minimum atomic E-state index is -4.29. The third-order valence-corrected chi connectivity index (χ3v) is 8.11. The SMILES string of the molecule is CCNC(=O)[C@H](CC)N(Cc1ccc(C)cc1)C(=O)CN(c1ccc(OCC)cc1)S(=O)(=O)c1ccc(F)cc1. The molecule has 214 valence electrons. The van der Waals surface area contributed by atoms with Gasteiger partial charge in [0.25, 0.3) is 10.0 Å². The van der Waals surface area contributed by atoms with E-state index < -0.39 is 34.3 Å². The van der Waals surface area contributed by atoms with E-state index in [9.17, 15) is 22.4 Å². The molecule has 1 atom stereocenters. The van der Waals surface area contributed by atoms with Crippen LogP contribution in [0.5, 0.6) is 5.75 Å². The Kier molecular flexibility index (Phi) is 10.7. The van der Waals surface area contributed by atoms with E-state index in [1.165, 1.54) is 4.90 Å². The van der Waals surface area contributed by atoms with Crippen LogP contribution in [0.4, 0.5) is 10.1 Å². The first kappa shape index (κ1) is 30.6. The summed E-state index contributed by atoms with van der Waals surface area (Å²) in [6, 6.07) is 17.5. The van der Waals surface area contributed by atoms with E-state index in [1.807, 2.05) is 38.1 Å². The van der Waals surface area contributed by atoms with Crippen LogP contribution in [0.3, 0.4) is 0 Å². The number of hydrogen-bond acceptors (Lipinski definition) is 5. The van der Waals surface area contributed by atoms with Crippen molar-refractivity contribution in [3.63, 3.8) is 0 Å². The lowest BCUT2D eigenvalue weighted by atomic mass is 10.1. The highest BCUT2D eigenvalue weighted by molar-refractivity contribution is 7.92. The number of amides is 2. The first-order chi connectivity index (χ1) is 19.1. The standard InChI is InChI=1S/C30H36FN3O5S/c1-5-28(30(36)32-6-2)33(20-23-10-8-22(4)9-11-23)29(35)21-34(25-14-16-26(17-15-25)39-7-3)40(37,38)27-18-12-24(31)13-19-27/h8-19,28H,5-7,20-21H2,1-4H3,(H,32,36)/t28-/m0/s1. The van der Waals surface area contributed by atoms with Gasteiger partial charge in [0.1, 0.15) is 24.2 Å². The van der Waals surface area contributed by atoms with Gasteiger partial charge >= 0.3 is 0 Å². The Hall–Kier alpha value is -3.92. The Bertz CT molecular complexity index is 1380. The highest BCUT2D eigenvalue weighted by Gasteiger charge is 2.33. The van der Waals surface area contributed by atoms with Gasteiger partial charge in [-0.05, 0) is 81.3 Å². The summed E-state index contributed by atoms with van der Waals surface area (Å²) in [4.78, 5) is 28.2. The molecule has 0 bridgehead atoms. The van der Waals surface area contributed by atoms with Gasteiger partial charge in [-0.2, -0.15) is 0 Å². The Morgan fingerprint density at radius 1 is 0.925 bits per heavy atom. The lowest BCUT2D eigenvalue weighted by Gasteiger charge is -2.33. The molecule has 0 saturated heterocycles. The van der Waals surface area contributed by atoms with Crippen LogP contribution in [0.2, 0.25) is 0 Å². The third-order valence-electron chi connectivity index (χ3n) is 6.33. The van der Waals surface area contributed by atoms with Crippen LogP contribution >= 0.6 is 0 Å². The van der Waals surface area contributed by atoms with Gasteiger partial charge in [0.05, 0.1) is 17.2 Å². The van der Waals surface area contributed by atoms with E-state index >= 15 is 0 Å². The fourth-order valence-electron chi connectivity index (χ4n) is 4.24. The molecule has 0 aliphatic heterocycles. The van der Waals surface area contributed by atoms with Crippen LogP contribution in [-0.4, -0.2) is 50.9 Å². The normalized spacial score (nSPS) is 11.9. The van der Waals surface area contributed by atoms with Crippen molar-refractivity contribution in [1.29, 1.82) is 0 Å². The van der Waals surface area contributed by atoms with Gasteiger partial charge in [0.15, 0.2) is 0 Å². The van der Waals surface area contributed by atoms with Gasteiger partial charge in [-0.15, -0.1) is 0 Å². The molecule has 0 fully saturated rings. The van der Waals surface area contributed by atoms with Crippen molar-refractivity contribution in [3.8, 4) is 5.75 Å². The fraction of sp³-hybridized carbons (Fsp3) is 0.333. The Labute approximate surface area is 235 Å². The van der Waals surface area contributed by atoms with Gasteiger partial charge in [-0.3, -0.25) is 13.9 Å². The quantitative estimate of drug-likeness (QED) is 0.323. The summed E-state index contributed by atoms with van der Waals surface area (Å²) in [5.74, 6) is -0.919. The number of rotatable bonds is 13. The zero-order valence-electron chi connectivity index (χ0n) is 23.3. The van der Waals surface area contributed by atoms with Crippen LogP contribution in [0.15, 0.2) is 77.7 Å². The van der Waals surface area contributed by atoms with Crippen LogP contribution in [-0.2, 0) is 26.2 Å².